The molecular formula is C19H36IN5O2S. The van der Waals surface area contributed by atoms with Gasteiger partial charge in [-0.2, -0.15) is 0 Å². The van der Waals surface area contributed by atoms with E-state index in [1.54, 1.807) is 31.3 Å². The number of nitrogens with zero attached hydrogens (tertiary/aromatic N) is 2. The van der Waals surface area contributed by atoms with E-state index in [-0.39, 0.29) is 28.9 Å². The molecule has 0 aliphatic rings. The van der Waals surface area contributed by atoms with Gasteiger partial charge in [0.2, 0.25) is 10.0 Å². The molecular weight excluding hydrogens is 489 g/mol. The van der Waals surface area contributed by atoms with Crippen molar-refractivity contribution >= 4 is 40.0 Å². The third-order valence-electron chi connectivity index (χ3n) is 4.40. The van der Waals surface area contributed by atoms with Gasteiger partial charge in [0.15, 0.2) is 5.96 Å². The average Bonchev–Trinajstić information content (AvgIpc) is 2.63. The van der Waals surface area contributed by atoms with E-state index >= 15 is 0 Å². The third-order valence-corrected chi connectivity index (χ3v) is 5.83. The van der Waals surface area contributed by atoms with Crippen LogP contribution in [-0.4, -0.2) is 58.5 Å². The second-order valence-electron chi connectivity index (χ2n) is 6.98. The van der Waals surface area contributed by atoms with E-state index in [1.807, 2.05) is 0 Å². The zero-order valence-corrected chi connectivity index (χ0v) is 21.0. The molecule has 0 saturated heterocycles. The number of nitrogens with one attached hydrogen (secondary N) is 3. The molecule has 0 heterocycles. The molecule has 1 rings (SSSR count). The number of aliphatic imine (C=N–C) groups is 1. The Morgan fingerprint density at radius 2 is 1.64 bits per heavy atom. The SMILES string of the molecule is CN=C(NCCCN(C(C)C)C(C)C)NCc1ccc(S(=O)(=O)NC)cc1.I. The zero-order chi connectivity index (χ0) is 20.4. The first-order valence-electron chi connectivity index (χ1n) is 9.44. The van der Waals surface area contributed by atoms with Crippen molar-refractivity contribution in [3.05, 3.63) is 29.8 Å². The van der Waals surface area contributed by atoms with E-state index in [2.05, 4.69) is 52.9 Å². The van der Waals surface area contributed by atoms with Gasteiger partial charge in [-0.25, -0.2) is 13.1 Å². The van der Waals surface area contributed by atoms with Crippen molar-refractivity contribution in [2.45, 2.75) is 57.6 Å². The molecule has 0 aliphatic heterocycles. The van der Waals surface area contributed by atoms with Gasteiger partial charge in [-0.15, -0.1) is 24.0 Å². The molecule has 0 saturated carbocycles. The quantitative estimate of drug-likeness (QED) is 0.189. The largest absolute Gasteiger partial charge is 0.356 e. The van der Waals surface area contributed by atoms with E-state index in [0.29, 0.717) is 18.6 Å². The molecule has 9 heteroatoms. The number of hydrogen-bond acceptors (Lipinski definition) is 4. The summed E-state index contributed by atoms with van der Waals surface area (Å²) in [4.78, 5) is 6.97. The highest BCUT2D eigenvalue weighted by Crippen LogP contribution is 2.10. The van der Waals surface area contributed by atoms with Gasteiger partial charge in [-0.05, 0) is 58.9 Å². The molecule has 0 aromatic heterocycles. The molecule has 3 N–H and O–H groups in total. The predicted octanol–water partition coefficient (Wildman–Crippen LogP) is 2.39. The maximum absolute atomic E-state index is 11.7. The molecule has 0 unspecified atom stereocenters. The Morgan fingerprint density at radius 1 is 1.07 bits per heavy atom. The molecule has 1 aromatic rings. The van der Waals surface area contributed by atoms with Gasteiger partial charge in [0.1, 0.15) is 0 Å². The molecule has 0 bridgehead atoms. The van der Waals surface area contributed by atoms with Crippen LogP contribution >= 0.6 is 24.0 Å². The second-order valence-corrected chi connectivity index (χ2v) is 8.87. The van der Waals surface area contributed by atoms with Gasteiger partial charge >= 0.3 is 0 Å². The molecule has 0 radical (unpaired) electrons. The van der Waals surface area contributed by atoms with E-state index in [1.165, 1.54) is 7.05 Å². The molecule has 162 valence electrons. The van der Waals surface area contributed by atoms with Crippen molar-refractivity contribution in [3.63, 3.8) is 0 Å². The molecule has 0 fully saturated rings. The number of halogens is 1. The fourth-order valence-electron chi connectivity index (χ4n) is 2.89. The fraction of sp³-hybridized carbons (Fsp3) is 0.632. The van der Waals surface area contributed by atoms with Crippen molar-refractivity contribution in [2.24, 2.45) is 4.99 Å². The van der Waals surface area contributed by atoms with Crippen LogP contribution in [0.5, 0.6) is 0 Å². The summed E-state index contributed by atoms with van der Waals surface area (Å²) in [7, 11) is -0.249. The number of rotatable bonds is 10. The first-order valence-corrected chi connectivity index (χ1v) is 10.9. The standard InChI is InChI=1S/C19H35N5O2S.HI/c1-15(2)24(16(3)4)13-7-12-22-19(20-5)23-14-17-8-10-18(11-9-17)27(25,26)21-6;/h8-11,15-16,21H,7,12-14H2,1-6H3,(H2,20,22,23);1H. The molecule has 0 atom stereocenters. The molecule has 28 heavy (non-hydrogen) atoms. The summed E-state index contributed by atoms with van der Waals surface area (Å²) in [6.45, 7) is 11.4. The van der Waals surface area contributed by atoms with Gasteiger partial charge in [-0.1, -0.05) is 12.1 Å². The predicted molar refractivity (Wildman–Crippen MR) is 128 cm³/mol. The summed E-state index contributed by atoms with van der Waals surface area (Å²) >= 11 is 0. The third kappa shape index (κ3) is 9.06. The van der Waals surface area contributed by atoms with Crippen molar-refractivity contribution in [1.29, 1.82) is 0 Å². The maximum atomic E-state index is 11.7. The van der Waals surface area contributed by atoms with E-state index in [4.69, 9.17) is 0 Å². The summed E-state index contributed by atoms with van der Waals surface area (Å²) < 4.78 is 25.8. The first-order chi connectivity index (χ1) is 12.7. The summed E-state index contributed by atoms with van der Waals surface area (Å²) in [5.74, 6) is 0.738. The molecule has 0 amide bonds. The lowest BCUT2D eigenvalue weighted by Crippen LogP contribution is -2.41. The van der Waals surface area contributed by atoms with Gasteiger partial charge in [-0.3, -0.25) is 9.89 Å². The Morgan fingerprint density at radius 3 is 2.11 bits per heavy atom. The lowest BCUT2D eigenvalue weighted by molar-refractivity contribution is 0.173. The van der Waals surface area contributed by atoms with Gasteiger partial charge in [0.25, 0.3) is 0 Å². The minimum Gasteiger partial charge on any atom is -0.356 e. The fourth-order valence-corrected chi connectivity index (χ4v) is 3.62. The highest BCUT2D eigenvalue weighted by Gasteiger charge is 2.12. The lowest BCUT2D eigenvalue weighted by atomic mass is 10.2. The summed E-state index contributed by atoms with van der Waals surface area (Å²) in [5, 5.41) is 6.58. The van der Waals surface area contributed by atoms with Crippen LogP contribution in [0.4, 0.5) is 0 Å². The van der Waals surface area contributed by atoms with Crippen molar-refractivity contribution < 1.29 is 8.42 Å². The number of sulfonamides is 1. The monoisotopic (exact) mass is 525 g/mol. The minimum atomic E-state index is -3.40. The Bertz CT molecular complexity index is 683. The zero-order valence-electron chi connectivity index (χ0n) is 17.8. The van der Waals surface area contributed by atoms with E-state index in [0.717, 1.165) is 31.0 Å². The van der Waals surface area contributed by atoms with Gasteiger partial charge < -0.3 is 10.6 Å². The van der Waals surface area contributed by atoms with Gasteiger partial charge in [0.05, 0.1) is 4.90 Å². The summed E-state index contributed by atoms with van der Waals surface area (Å²) in [5.41, 5.74) is 0.985. The van der Waals surface area contributed by atoms with Gasteiger partial charge in [0, 0.05) is 38.8 Å². The maximum Gasteiger partial charge on any atom is 0.240 e. The van der Waals surface area contributed by atoms with Crippen molar-refractivity contribution in [3.8, 4) is 0 Å². The summed E-state index contributed by atoms with van der Waals surface area (Å²) in [6, 6.07) is 7.88. The topological polar surface area (TPSA) is 85.8 Å². The van der Waals surface area contributed by atoms with Crippen LogP contribution in [-0.2, 0) is 16.6 Å². The Labute approximate surface area is 187 Å². The number of hydrogen-bond donors (Lipinski definition) is 3. The van der Waals surface area contributed by atoms with Crippen LogP contribution in [0.1, 0.15) is 39.7 Å². The Hall–Kier alpha value is -0.910. The van der Waals surface area contributed by atoms with Crippen LogP contribution in [0.15, 0.2) is 34.2 Å². The molecule has 0 aliphatic carbocycles. The number of benzene rings is 1. The van der Waals surface area contributed by atoms with Crippen LogP contribution < -0.4 is 15.4 Å². The Kier molecular flexibility index (Phi) is 12.9. The normalized spacial score (nSPS) is 12.4. The minimum absolute atomic E-state index is 0. The van der Waals surface area contributed by atoms with Crippen LogP contribution in [0.25, 0.3) is 0 Å². The van der Waals surface area contributed by atoms with Crippen molar-refractivity contribution in [2.75, 3.05) is 27.2 Å². The van der Waals surface area contributed by atoms with E-state index in [9.17, 15) is 8.42 Å². The number of guanidine groups is 1. The van der Waals surface area contributed by atoms with Crippen LogP contribution in [0.3, 0.4) is 0 Å². The second kappa shape index (κ2) is 13.3. The Balaban J connectivity index is 0.00000729. The first kappa shape index (κ1) is 27.1. The van der Waals surface area contributed by atoms with Crippen LogP contribution in [0.2, 0.25) is 0 Å². The summed E-state index contributed by atoms with van der Waals surface area (Å²) in [6.07, 6.45) is 1.04. The average molecular weight is 526 g/mol. The highest BCUT2D eigenvalue weighted by molar-refractivity contribution is 14.0. The molecule has 1 aromatic carbocycles. The van der Waals surface area contributed by atoms with E-state index < -0.39 is 10.0 Å². The molecule has 0 spiro atoms. The lowest BCUT2D eigenvalue weighted by Gasteiger charge is -2.30. The highest BCUT2D eigenvalue weighted by atomic mass is 127. The molecule has 7 nitrogen and oxygen atoms in total. The van der Waals surface area contributed by atoms with Crippen molar-refractivity contribution in [1.82, 2.24) is 20.3 Å². The smallest absolute Gasteiger partial charge is 0.240 e. The van der Waals surface area contributed by atoms with Crippen LogP contribution in [0, 0.1) is 0 Å².